The normalized spacial score (nSPS) is 11.2. The van der Waals surface area contributed by atoms with Crippen LogP contribution in [-0.4, -0.2) is 5.11 Å². The van der Waals surface area contributed by atoms with E-state index < -0.39 is 0 Å². The lowest BCUT2D eigenvalue weighted by Crippen LogP contribution is -2.11. The van der Waals surface area contributed by atoms with Gasteiger partial charge in [-0.3, -0.25) is 0 Å². The zero-order valence-corrected chi connectivity index (χ0v) is 21.3. The van der Waals surface area contributed by atoms with Gasteiger partial charge in [-0.15, -0.1) is 0 Å². The van der Waals surface area contributed by atoms with Crippen LogP contribution in [0.25, 0.3) is 22.3 Å². The van der Waals surface area contributed by atoms with E-state index in [-0.39, 0.29) is 11.2 Å². The summed E-state index contributed by atoms with van der Waals surface area (Å²) in [6, 6.07) is 39.2. The predicted octanol–water partition coefficient (Wildman–Crippen LogP) is 9.61. The molecule has 0 saturated heterocycles. The fraction of sp³-hybridized carbons (Fsp3) is 0.118. The fourth-order valence-corrected chi connectivity index (χ4v) is 4.16. The van der Waals surface area contributed by atoms with Crippen molar-refractivity contribution in [1.29, 1.82) is 0 Å². The first kappa shape index (κ1) is 24.2. The molecule has 0 bridgehead atoms. The molecule has 5 rings (SSSR count). The van der Waals surface area contributed by atoms with Gasteiger partial charge in [-0.25, -0.2) is 0 Å². The summed E-state index contributed by atoms with van der Waals surface area (Å²) >= 11 is 0. The summed E-state index contributed by atoms with van der Waals surface area (Å²) in [6.45, 7) is 6.54. The standard InChI is InChI=1S/C34H30O3/c1-34(2,3)26-22-31(24-14-18-29(19-15-24)36-27-10-6-4-7-11-27)33(35)32(23-26)25-16-20-30(21-17-25)37-28-12-8-5-9-13-28/h4-23,35H,1-3H3. The highest BCUT2D eigenvalue weighted by atomic mass is 16.5. The third-order valence-corrected chi connectivity index (χ3v) is 6.26. The highest BCUT2D eigenvalue weighted by Gasteiger charge is 2.20. The van der Waals surface area contributed by atoms with E-state index in [0.29, 0.717) is 0 Å². The Morgan fingerprint density at radius 1 is 0.486 bits per heavy atom. The van der Waals surface area contributed by atoms with Crippen LogP contribution in [0.5, 0.6) is 28.7 Å². The van der Waals surface area contributed by atoms with E-state index in [1.54, 1.807) is 0 Å². The molecule has 0 amide bonds. The van der Waals surface area contributed by atoms with Crippen LogP contribution in [0.2, 0.25) is 0 Å². The molecule has 5 aromatic rings. The van der Waals surface area contributed by atoms with Gasteiger partial charge in [-0.2, -0.15) is 0 Å². The molecule has 0 aromatic heterocycles. The van der Waals surface area contributed by atoms with E-state index in [0.717, 1.165) is 50.8 Å². The van der Waals surface area contributed by atoms with Gasteiger partial charge >= 0.3 is 0 Å². The molecule has 0 aliphatic rings. The van der Waals surface area contributed by atoms with Gasteiger partial charge in [0.1, 0.15) is 28.7 Å². The highest BCUT2D eigenvalue weighted by molar-refractivity contribution is 5.83. The molecule has 5 aromatic carbocycles. The van der Waals surface area contributed by atoms with Crippen molar-refractivity contribution in [3.63, 3.8) is 0 Å². The molecule has 3 nitrogen and oxygen atoms in total. The van der Waals surface area contributed by atoms with Crippen molar-refractivity contribution >= 4 is 0 Å². The van der Waals surface area contributed by atoms with Gasteiger partial charge in [-0.1, -0.05) is 81.4 Å². The van der Waals surface area contributed by atoms with Crippen molar-refractivity contribution < 1.29 is 14.6 Å². The van der Waals surface area contributed by atoms with Gasteiger partial charge in [0, 0.05) is 11.1 Å². The van der Waals surface area contributed by atoms with Crippen LogP contribution in [0.15, 0.2) is 121 Å². The van der Waals surface area contributed by atoms with Crippen molar-refractivity contribution in [2.75, 3.05) is 0 Å². The minimum atomic E-state index is -0.0933. The van der Waals surface area contributed by atoms with Gasteiger partial charge < -0.3 is 14.6 Å². The molecular weight excluding hydrogens is 456 g/mol. The van der Waals surface area contributed by atoms with Crippen LogP contribution in [0.1, 0.15) is 26.3 Å². The summed E-state index contributed by atoms with van der Waals surface area (Å²) in [4.78, 5) is 0. The van der Waals surface area contributed by atoms with E-state index in [4.69, 9.17) is 9.47 Å². The van der Waals surface area contributed by atoms with Crippen LogP contribution >= 0.6 is 0 Å². The average molecular weight is 487 g/mol. The zero-order chi connectivity index (χ0) is 25.8. The molecule has 0 atom stereocenters. The number of rotatable bonds is 6. The maximum absolute atomic E-state index is 11.4. The Balaban J connectivity index is 1.48. The minimum absolute atomic E-state index is 0.0933. The molecular formula is C34H30O3. The van der Waals surface area contributed by atoms with Gasteiger partial charge in [-0.05, 0) is 82.8 Å². The molecule has 37 heavy (non-hydrogen) atoms. The zero-order valence-electron chi connectivity index (χ0n) is 21.3. The van der Waals surface area contributed by atoms with E-state index >= 15 is 0 Å². The number of aromatic hydroxyl groups is 1. The van der Waals surface area contributed by atoms with E-state index in [1.807, 2.05) is 109 Å². The summed E-state index contributed by atoms with van der Waals surface area (Å²) in [6.07, 6.45) is 0. The van der Waals surface area contributed by atoms with Crippen LogP contribution in [0.4, 0.5) is 0 Å². The summed E-state index contributed by atoms with van der Waals surface area (Å²) in [5.74, 6) is 3.32. The van der Waals surface area contributed by atoms with Crippen LogP contribution < -0.4 is 9.47 Å². The number of para-hydroxylation sites is 2. The molecule has 0 fully saturated rings. The number of phenols is 1. The van der Waals surface area contributed by atoms with E-state index in [2.05, 4.69) is 32.9 Å². The second-order valence-corrected chi connectivity index (χ2v) is 10.0. The minimum Gasteiger partial charge on any atom is -0.507 e. The monoisotopic (exact) mass is 486 g/mol. The second kappa shape index (κ2) is 10.2. The van der Waals surface area contributed by atoms with Crippen molar-refractivity contribution in [3.8, 4) is 51.0 Å². The number of phenolic OH excluding ortho intramolecular Hbond substituents is 1. The lowest BCUT2D eigenvalue weighted by atomic mass is 9.82. The third-order valence-electron chi connectivity index (χ3n) is 6.26. The lowest BCUT2D eigenvalue weighted by Gasteiger charge is -2.23. The Morgan fingerprint density at radius 3 is 1.19 bits per heavy atom. The molecule has 3 heteroatoms. The molecule has 1 N–H and O–H groups in total. The van der Waals surface area contributed by atoms with E-state index in [1.165, 1.54) is 0 Å². The lowest BCUT2D eigenvalue weighted by molar-refractivity contribution is 0.477. The van der Waals surface area contributed by atoms with Gasteiger partial charge in [0.2, 0.25) is 0 Å². The molecule has 0 aliphatic heterocycles. The van der Waals surface area contributed by atoms with Gasteiger partial charge in [0.05, 0.1) is 0 Å². The SMILES string of the molecule is CC(C)(C)c1cc(-c2ccc(Oc3ccccc3)cc2)c(O)c(-c2ccc(Oc3ccccc3)cc2)c1. The molecule has 0 heterocycles. The third kappa shape index (κ3) is 5.68. The quantitative estimate of drug-likeness (QED) is 0.260. The van der Waals surface area contributed by atoms with Crippen molar-refractivity contribution in [2.24, 2.45) is 0 Å². The second-order valence-electron chi connectivity index (χ2n) is 10.0. The maximum Gasteiger partial charge on any atom is 0.131 e. The van der Waals surface area contributed by atoms with Gasteiger partial charge in [0.15, 0.2) is 0 Å². The van der Waals surface area contributed by atoms with Crippen molar-refractivity contribution in [2.45, 2.75) is 26.2 Å². The van der Waals surface area contributed by atoms with E-state index in [9.17, 15) is 5.11 Å². The Labute approximate surface area is 218 Å². The van der Waals surface area contributed by atoms with Crippen molar-refractivity contribution in [1.82, 2.24) is 0 Å². The first-order valence-electron chi connectivity index (χ1n) is 12.4. The summed E-state index contributed by atoms with van der Waals surface area (Å²) in [5, 5.41) is 11.4. The molecule has 0 radical (unpaired) electrons. The van der Waals surface area contributed by atoms with Crippen LogP contribution in [0.3, 0.4) is 0 Å². The first-order valence-corrected chi connectivity index (χ1v) is 12.4. The summed E-state index contributed by atoms with van der Waals surface area (Å²) < 4.78 is 11.9. The summed E-state index contributed by atoms with van der Waals surface area (Å²) in [7, 11) is 0. The van der Waals surface area contributed by atoms with Gasteiger partial charge in [0.25, 0.3) is 0 Å². The Hall–Kier alpha value is -4.50. The first-order chi connectivity index (χ1) is 17.9. The predicted molar refractivity (Wildman–Crippen MR) is 151 cm³/mol. The Morgan fingerprint density at radius 2 is 0.838 bits per heavy atom. The molecule has 0 saturated carbocycles. The maximum atomic E-state index is 11.4. The summed E-state index contributed by atoms with van der Waals surface area (Å²) in [5.41, 5.74) is 4.48. The number of benzene rings is 5. The smallest absolute Gasteiger partial charge is 0.131 e. The topological polar surface area (TPSA) is 38.7 Å². The van der Waals surface area contributed by atoms with Crippen LogP contribution in [-0.2, 0) is 5.41 Å². The Kier molecular flexibility index (Phi) is 6.70. The van der Waals surface area contributed by atoms with Crippen LogP contribution in [0, 0.1) is 0 Å². The highest BCUT2D eigenvalue weighted by Crippen LogP contribution is 2.42. The molecule has 0 aliphatic carbocycles. The molecule has 0 unspecified atom stereocenters. The fourth-order valence-electron chi connectivity index (χ4n) is 4.16. The molecule has 0 spiro atoms. The average Bonchev–Trinajstić information content (AvgIpc) is 2.90. The Bertz CT molecular complexity index is 1360. The number of hydrogen-bond acceptors (Lipinski definition) is 3. The number of hydrogen-bond donors (Lipinski definition) is 1. The number of ether oxygens (including phenoxy) is 2. The molecule has 184 valence electrons. The van der Waals surface area contributed by atoms with Crippen molar-refractivity contribution in [3.05, 3.63) is 127 Å². The largest absolute Gasteiger partial charge is 0.507 e.